The number of amides is 1. The zero-order chi connectivity index (χ0) is 22.1. The second kappa shape index (κ2) is 8.76. The lowest BCUT2D eigenvalue weighted by atomic mass is 10.0. The van der Waals surface area contributed by atoms with Gasteiger partial charge < -0.3 is 5.32 Å². The van der Waals surface area contributed by atoms with Crippen LogP contribution >= 0.6 is 23.2 Å². The molecular weight excluding hydrogens is 443 g/mol. The third kappa shape index (κ3) is 5.19. The van der Waals surface area contributed by atoms with Gasteiger partial charge in [-0.25, -0.2) is 8.42 Å². The largest absolute Gasteiger partial charge is 0.345 e. The molecule has 1 heterocycles. The lowest BCUT2D eigenvalue weighted by Crippen LogP contribution is -2.27. The van der Waals surface area contributed by atoms with Crippen molar-refractivity contribution in [1.29, 1.82) is 0 Å². The van der Waals surface area contributed by atoms with E-state index in [1.165, 1.54) is 12.1 Å². The Morgan fingerprint density at radius 3 is 2.40 bits per heavy atom. The summed E-state index contributed by atoms with van der Waals surface area (Å²) in [5, 5.41) is 3.79. The molecule has 0 saturated heterocycles. The van der Waals surface area contributed by atoms with E-state index in [0.717, 1.165) is 11.8 Å². The molecule has 156 valence electrons. The van der Waals surface area contributed by atoms with E-state index in [-0.39, 0.29) is 10.5 Å². The maximum Gasteiger partial charge on any atom is 0.251 e. The van der Waals surface area contributed by atoms with Gasteiger partial charge in [0.25, 0.3) is 5.91 Å². The molecule has 5 nitrogen and oxygen atoms in total. The average Bonchev–Trinajstić information content (AvgIpc) is 2.67. The molecular formula is C22H20Cl2N2O3S. The van der Waals surface area contributed by atoms with Crippen LogP contribution in [-0.2, 0) is 9.84 Å². The topological polar surface area (TPSA) is 76.1 Å². The number of sulfone groups is 1. The first-order valence-corrected chi connectivity index (χ1v) is 11.7. The fourth-order valence-corrected chi connectivity index (χ4v) is 4.20. The SMILES string of the molecule is Cc1ccc(-c2cc(C(=O)NC(C)c3ccc(Cl)cc3Cl)cc(S(C)(=O)=O)c2)nc1. The molecule has 1 unspecified atom stereocenters. The molecule has 0 radical (unpaired) electrons. The summed E-state index contributed by atoms with van der Waals surface area (Å²) in [5.41, 5.74) is 3.01. The van der Waals surface area contributed by atoms with Crippen LogP contribution in [0.1, 0.15) is 34.5 Å². The lowest BCUT2D eigenvalue weighted by molar-refractivity contribution is 0.0939. The van der Waals surface area contributed by atoms with Crippen LogP contribution in [0.3, 0.4) is 0 Å². The summed E-state index contributed by atoms with van der Waals surface area (Å²) < 4.78 is 24.4. The van der Waals surface area contributed by atoms with Crippen LogP contribution in [0.15, 0.2) is 59.6 Å². The standard InChI is InChI=1S/C22H20Cl2N2O3S/c1-13-4-7-21(25-12-13)15-8-16(10-18(9-15)30(3,28)29)22(27)26-14(2)19-6-5-17(23)11-20(19)24/h4-12,14H,1-3H3,(H,26,27). The summed E-state index contributed by atoms with van der Waals surface area (Å²) in [6.45, 7) is 3.70. The van der Waals surface area contributed by atoms with Gasteiger partial charge >= 0.3 is 0 Å². The third-order valence-corrected chi connectivity index (χ3v) is 6.24. The van der Waals surface area contributed by atoms with Crippen molar-refractivity contribution in [2.45, 2.75) is 24.8 Å². The van der Waals surface area contributed by atoms with E-state index in [2.05, 4.69) is 10.3 Å². The zero-order valence-electron chi connectivity index (χ0n) is 16.6. The van der Waals surface area contributed by atoms with Gasteiger partial charge in [-0.2, -0.15) is 0 Å². The van der Waals surface area contributed by atoms with Crippen molar-refractivity contribution in [3.63, 3.8) is 0 Å². The van der Waals surface area contributed by atoms with Crippen molar-refractivity contribution in [2.24, 2.45) is 0 Å². The van der Waals surface area contributed by atoms with E-state index in [0.29, 0.717) is 26.9 Å². The van der Waals surface area contributed by atoms with E-state index >= 15 is 0 Å². The molecule has 2 aromatic carbocycles. The van der Waals surface area contributed by atoms with E-state index in [9.17, 15) is 13.2 Å². The van der Waals surface area contributed by atoms with Crippen LogP contribution in [0, 0.1) is 6.92 Å². The first-order chi connectivity index (χ1) is 14.0. The van der Waals surface area contributed by atoms with Crippen molar-refractivity contribution in [3.8, 4) is 11.3 Å². The Hall–Kier alpha value is -2.41. The molecule has 1 N–H and O–H groups in total. The molecule has 1 atom stereocenters. The number of nitrogens with zero attached hydrogens (tertiary/aromatic N) is 1. The van der Waals surface area contributed by atoms with Crippen LogP contribution in [0.25, 0.3) is 11.3 Å². The van der Waals surface area contributed by atoms with Gasteiger partial charge in [0.05, 0.1) is 16.6 Å². The van der Waals surface area contributed by atoms with Gasteiger partial charge in [-0.3, -0.25) is 9.78 Å². The Labute approximate surface area is 186 Å². The minimum absolute atomic E-state index is 0.0460. The first kappa shape index (κ1) is 22.3. The number of aryl methyl sites for hydroxylation is 1. The lowest BCUT2D eigenvalue weighted by Gasteiger charge is -2.17. The molecule has 0 spiro atoms. The molecule has 0 aliphatic rings. The van der Waals surface area contributed by atoms with E-state index < -0.39 is 21.8 Å². The van der Waals surface area contributed by atoms with Crippen LogP contribution in [-0.4, -0.2) is 25.6 Å². The number of benzene rings is 2. The Morgan fingerprint density at radius 1 is 1.07 bits per heavy atom. The predicted octanol–water partition coefficient (Wildman–Crippen LogP) is 5.26. The zero-order valence-corrected chi connectivity index (χ0v) is 18.9. The highest BCUT2D eigenvalue weighted by atomic mass is 35.5. The number of halogens is 2. The highest BCUT2D eigenvalue weighted by molar-refractivity contribution is 7.90. The number of aromatic nitrogens is 1. The molecule has 8 heteroatoms. The molecule has 3 rings (SSSR count). The van der Waals surface area contributed by atoms with Gasteiger partial charge in [0, 0.05) is 33.6 Å². The van der Waals surface area contributed by atoms with E-state index in [4.69, 9.17) is 23.2 Å². The van der Waals surface area contributed by atoms with Gasteiger partial charge in [-0.15, -0.1) is 0 Å². The number of pyridine rings is 1. The van der Waals surface area contributed by atoms with Crippen LogP contribution < -0.4 is 5.32 Å². The van der Waals surface area contributed by atoms with Crippen molar-refractivity contribution in [1.82, 2.24) is 10.3 Å². The van der Waals surface area contributed by atoms with Crippen molar-refractivity contribution < 1.29 is 13.2 Å². The van der Waals surface area contributed by atoms with E-state index in [1.54, 1.807) is 43.5 Å². The number of hydrogen-bond acceptors (Lipinski definition) is 4. The minimum Gasteiger partial charge on any atom is -0.345 e. The number of hydrogen-bond donors (Lipinski definition) is 1. The smallest absolute Gasteiger partial charge is 0.251 e. The second-order valence-corrected chi connectivity index (χ2v) is 9.96. The average molecular weight is 463 g/mol. The Morgan fingerprint density at radius 2 is 1.80 bits per heavy atom. The van der Waals surface area contributed by atoms with E-state index in [1.807, 2.05) is 13.0 Å². The van der Waals surface area contributed by atoms with Gasteiger partial charge in [-0.1, -0.05) is 35.3 Å². The highest BCUT2D eigenvalue weighted by Crippen LogP contribution is 2.27. The second-order valence-electron chi connectivity index (χ2n) is 7.10. The summed E-state index contributed by atoms with van der Waals surface area (Å²) in [5.74, 6) is -0.424. The number of carbonyl (C=O) groups excluding carboxylic acids is 1. The molecule has 0 aliphatic heterocycles. The highest BCUT2D eigenvalue weighted by Gasteiger charge is 2.18. The molecule has 3 aromatic rings. The molecule has 1 aromatic heterocycles. The molecule has 30 heavy (non-hydrogen) atoms. The fourth-order valence-electron chi connectivity index (χ4n) is 2.94. The van der Waals surface area contributed by atoms with Crippen LogP contribution in [0.5, 0.6) is 0 Å². The summed E-state index contributed by atoms with van der Waals surface area (Å²) in [7, 11) is -3.53. The minimum atomic E-state index is -3.53. The Kier molecular flexibility index (Phi) is 6.50. The molecule has 0 saturated carbocycles. The monoisotopic (exact) mass is 462 g/mol. The maximum atomic E-state index is 12.9. The number of nitrogens with one attached hydrogen (secondary N) is 1. The van der Waals surface area contributed by atoms with Gasteiger partial charge in [-0.05, 0) is 61.4 Å². The van der Waals surface area contributed by atoms with Gasteiger partial charge in [0.2, 0.25) is 0 Å². The summed E-state index contributed by atoms with van der Waals surface area (Å²) >= 11 is 12.2. The number of rotatable bonds is 5. The first-order valence-electron chi connectivity index (χ1n) is 9.08. The maximum absolute atomic E-state index is 12.9. The van der Waals surface area contributed by atoms with Crippen LogP contribution in [0.4, 0.5) is 0 Å². The molecule has 0 fully saturated rings. The number of carbonyl (C=O) groups is 1. The van der Waals surface area contributed by atoms with Crippen LogP contribution in [0.2, 0.25) is 10.0 Å². The predicted molar refractivity (Wildman–Crippen MR) is 120 cm³/mol. The van der Waals surface area contributed by atoms with Crippen molar-refractivity contribution in [2.75, 3.05) is 6.26 Å². The molecule has 0 bridgehead atoms. The summed E-state index contributed by atoms with van der Waals surface area (Å²) in [6, 6.07) is 12.8. The van der Waals surface area contributed by atoms with Gasteiger partial charge in [0.1, 0.15) is 0 Å². The molecule has 1 amide bonds. The summed E-state index contributed by atoms with van der Waals surface area (Å²) in [4.78, 5) is 17.3. The van der Waals surface area contributed by atoms with Crippen molar-refractivity contribution >= 4 is 38.9 Å². The Bertz CT molecular complexity index is 1210. The summed E-state index contributed by atoms with van der Waals surface area (Å²) in [6.07, 6.45) is 2.79. The fraction of sp³-hybridized carbons (Fsp3) is 0.182. The third-order valence-electron chi connectivity index (χ3n) is 4.58. The quantitative estimate of drug-likeness (QED) is 0.560. The van der Waals surface area contributed by atoms with Gasteiger partial charge in [0.15, 0.2) is 9.84 Å². The molecule has 0 aliphatic carbocycles. The van der Waals surface area contributed by atoms with Crippen molar-refractivity contribution in [3.05, 3.63) is 81.5 Å². The normalized spacial score (nSPS) is 12.4. The Balaban J connectivity index is 1.98.